The smallest absolute Gasteiger partial charge is 0.209 e. The first-order valence-corrected chi connectivity index (χ1v) is 15.3. The number of anilines is 1. The van der Waals surface area contributed by atoms with Crippen LogP contribution in [0.1, 0.15) is 5.56 Å². The summed E-state index contributed by atoms with van der Waals surface area (Å²) >= 11 is 0. The minimum absolute atomic E-state index is 0.00158. The lowest BCUT2D eigenvalue weighted by Gasteiger charge is -2.37. The van der Waals surface area contributed by atoms with Gasteiger partial charge in [0, 0.05) is 47.5 Å². The van der Waals surface area contributed by atoms with Crippen molar-refractivity contribution in [1.82, 2.24) is 29.9 Å². The maximum Gasteiger partial charge on any atom is 0.209 e. The van der Waals surface area contributed by atoms with Crippen molar-refractivity contribution in [2.75, 3.05) is 24.2 Å². The molecule has 1 fully saturated rings. The molecule has 42 heavy (non-hydrogen) atoms. The van der Waals surface area contributed by atoms with Crippen LogP contribution >= 0.6 is 0 Å². The Morgan fingerprint density at radius 1 is 1.02 bits per heavy atom. The molecule has 6 aromatic rings. The van der Waals surface area contributed by atoms with E-state index in [0.717, 1.165) is 75.2 Å². The lowest BCUT2D eigenvalue weighted by Crippen LogP contribution is -2.56. The van der Waals surface area contributed by atoms with Crippen LogP contribution < -0.4 is 15.4 Å². The van der Waals surface area contributed by atoms with Gasteiger partial charge in [-0.15, -0.1) is 0 Å². The minimum Gasteiger partial charge on any atom is -0.353 e. The Kier molecular flexibility index (Phi) is 6.26. The van der Waals surface area contributed by atoms with Crippen LogP contribution in [0.15, 0.2) is 73.1 Å². The Bertz CT molecular complexity index is 2080. The van der Waals surface area contributed by atoms with Crippen LogP contribution in [0, 0.1) is 5.82 Å². The molecule has 4 heterocycles. The van der Waals surface area contributed by atoms with Gasteiger partial charge in [-0.05, 0) is 59.2 Å². The van der Waals surface area contributed by atoms with Crippen LogP contribution in [0.3, 0.4) is 0 Å². The second kappa shape index (κ2) is 10.0. The van der Waals surface area contributed by atoms with Crippen LogP contribution in [-0.4, -0.2) is 59.0 Å². The molecule has 12 heteroatoms. The summed E-state index contributed by atoms with van der Waals surface area (Å²) in [6.07, 6.45) is 4.58. The standard InChI is InChI=1S/C30H27FN8O2S/c1-42(40,41)34-12-17-7-19(9-20(31)8-17)22-3-2-4-25-23(22)11-27(35-25)30-24-10-18(5-6-26(24)37-38-30)28-13-33-14-29(36-28)39-15-21(32)16-39/h2-11,13-14,21,34-35H,12,15-16,32H2,1H3,(H,37,38). The number of nitrogens with one attached hydrogen (secondary N) is 3. The van der Waals surface area contributed by atoms with Crippen LogP contribution in [0.25, 0.3) is 55.6 Å². The Labute approximate surface area is 240 Å². The number of aromatic amines is 2. The molecular weight excluding hydrogens is 555 g/mol. The van der Waals surface area contributed by atoms with E-state index in [0.29, 0.717) is 11.1 Å². The van der Waals surface area contributed by atoms with Gasteiger partial charge < -0.3 is 15.6 Å². The molecule has 0 unspecified atom stereocenters. The zero-order chi connectivity index (χ0) is 29.0. The maximum atomic E-state index is 14.6. The van der Waals surface area contributed by atoms with Crippen molar-refractivity contribution >= 4 is 37.6 Å². The topological polar surface area (TPSA) is 146 Å². The number of hydrogen-bond donors (Lipinski definition) is 4. The van der Waals surface area contributed by atoms with Crippen molar-refractivity contribution < 1.29 is 12.8 Å². The normalized spacial score (nSPS) is 14.1. The third-order valence-corrected chi connectivity index (χ3v) is 8.11. The Morgan fingerprint density at radius 2 is 1.88 bits per heavy atom. The second-order valence-electron chi connectivity index (χ2n) is 10.7. The van der Waals surface area contributed by atoms with Crippen molar-refractivity contribution in [3.63, 3.8) is 0 Å². The third-order valence-electron chi connectivity index (χ3n) is 7.44. The van der Waals surface area contributed by atoms with Crippen molar-refractivity contribution in [3.05, 3.63) is 84.4 Å². The molecule has 1 aliphatic rings. The average molecular weight is 583 g/mol. The number of sulfonamides is 1. The van der Waals surface area contributed by atoms with E-state index >= 15 is 0 Å². The Morgan fingerprint density at radius 3 is 2.69 bits per heavy atom. The maximum absolute atomic E-state index is 14.6. The van der Waals surface area contributed by atoms with Gasteiger partial charge in [-0.2, -0.15) is 5.10 Å². The third kappa shape index (κ3) is 5.00. The molecule has 3 aromatic heterocycles. The van der Waals surface area contributed by atoms with Crippen molar-refractivity contribution in [2.24, 2.45) is 5.73 Å². The highest BCUT2D eigenvalue weighted by Gasteiger charge is 2.25. The second-order valence-corrected chi connectivity index (χ2v) is 12.5. The van der Waals surface area contributed by atoms with E-state index in [1.54, 1.807) is 18.5 Å². The first kappa shape index (κ1) is 26.3. The average Bonchev–Trinajstić information content (AvgIpc) is 3.57. The molecular formula is C30H27FN8O2S. The van der Waals surface area contributed by atoms with Gasteiger partial charge in [-0.1, -0.05) is 18.2 Å². The molecule has 1 aliphatic heterocycles. The number of halogens is 1. The molecule has 3 aromatic carbocycles. The number of nitrogens with zero attached hydrogens (tertiary/aromatic N) is 4. The van der Waals surface area contributed by atoms with E-state index in [1.807, 2.05) is 42.5 Å². The van der Waals surface area contributed by atoms with Crippen LogP contribution in [0.2, 0.25) is 0 Å². The van der Waals surface area contributed by atoms with Crippen molar-refractivity contribution in [1.29, 1.82) is 0 Å². The molecule has 0 aliphatic carbocycles. The molecule has 0 atom stereocenters. The lowest BCUT2D eigenvalue weighted by molar-refractivity contribution is 0.514. The van der Waals surface area contributed by atoms with E-state index in [1.165, 1.54) is 12.1 Å². The van der Waals surface area contributed by atoms with Crippen LogP contribution in [0.5, 0.6) is 0 Å². The van der Waals surface area contributed by atoms with Gasteiger partial charge in [0.1, 0.15) is 17.3 Å². The highest BCUT2D eigenvalue weighted by atomic mass is 32.2. The van der Waals surface area contributed by atoms with Gasteiger partial charge in [0.2, 0.25) is 10.0 Å². The number of benzene rings is 3. The Balaban J connectivity index is 1.26. The van der Waals surface area contributed by atoms with Gasteiger partial charge in [0.05, 0.1) is 35.6 Å². The van der Waals surface area contributed by atoms with E-state index < -0.39 is 15.8 Å². The number of fused-ring (bicyclic) bond motifs is 2. The van der Waals surface area contributed by atoms with E-state index in [4.69, 9.17) is 10.7 Å². The lowest BCUT2D eigenvalue weighted by atomic mass is 9.99. The van der Waals surface area contributed by atoms with E-state index in [9.17, 15) is 12.8 Å². The number of aromatic nitrogens is 5. The fourth-order valence-electron chi connectivity index (χ4n) is 5.38. The van der Waals surface area contributed by atoms with Crippen LogP contribution in [-0.2, 0) is 16.6 Å². The molecule has 10 nitrogen and oxygen atoms in total. The quantitative estimate of drug-likeness (QED) is 0.221. The zero-order valence-corrected chi connectivity index (χ0v) is 23.4. The highest BCUT2D eigenvalue weighted by molar-refractivity contribution is 7.88. The Hall–Kier alpha value is -4.65. The van der Waals surface area contributed by atoms with Crippen LogP contribution in [0.4, 0.5) is 10.2 Å². The summed E-state index contributed by atoms with van der Waals surface area (Å²) in [6, 6.07) is 18.5. The summed E-state index contributed by atoms with van der Waals surface area (Å²) in [7, 11) is -3.42. The van der Waals surface area contributed by atoms with Gasteiger partial charge in [0.25, 0.3) is 0 Å². The summed E-state index contributed by atoms with van der Waals surface area (Å²) in [5.74, 6) is 0.359. The minimum atomic E-state index is -3.42. The van der Waals surface area contributed by atoms with E-state index in [2.05, 4.69) is 29.8 Å². The molecule has 0 amide bonds. The first-order chi connectivity index (χ1) is 20.2. The predicted molar refractivity (Wildman–Crippen MR) is 162 cm³/mol. The fourth-order valence-corrected chi connectivity index (χ4v) is 5.81. The predicted octanol–water partition coefficient (Wildman–Crippen LogP) is 4.17. The molecule has 0 radical (unpaired) electrons. The van der Waals surface area contributed by atoms with Crippen molar-refractivity contribution in [2.45, 2.75) is 12.6 Å². The molecule has 5 N–H and O–H groups in total. The SMILES string of the molecule is CS(=O)(=O)NCc1cc(F)cc(-c2cccc3[nH]c(-c4n[nH]c5ccc(-c6cncc(N7CC(N)C7)n6)cc45)cc23)c1. The number of H-pyrrole nitrogens is 2. The summed E-state index contributed by atoms with van der Waals surface area (Å²) in [6.45, 7) is 1.53. The molecule has 7 rings (SSSR count). The molecule has 0 spiro atoms. The monoisotopic (exact) mass is 582 g/mol. The number of rotatable bonds is 7. The summed E-state index contributed by atoms with van der Waals surface area (Å²) in [5.41, 5.74) is 12.9. The summed E-state index contributed by atoms with van der Waals surface area (Å²) in [4.78, 5) is 14.8. The largest absolute Gasteiger partial charge is 0.353 e. The van der Waals surface area contributed by atoms with Gasteiger partial charge in [-0.25, -0.2) is 22.5 Å². The fraction of sp³-hybridized carbons (Fsp3) is 0.167. The molecule has 0 saturated carbocycles. The first-order valence-electron chi connectivity index (χ1n) is 13.4. The molecule has 0 bridgehead atoms. The zero-order valence-electron chi connectivity index (χ0n) is 22.6. The van der Waals surface area contributed by atoms with Gasteiger partial charge in [-0.3, -0.25) is 10.1 Å². The molecule has 212 valence electrons. The summed E-state index contributed by atoms with van der Waals surface area (Å²) < 4.78 is 40.2. The van der Waals surface area contributed by atoms with Gasteiger partial charge in [0.15, 0.2) is 0 Å². The molecule has 1 saturated heterocycles. The van der Waals surface area contributed by atoms with E-state index in [-0.39, 0.29) is 12.6 Å². The summed E-state index contributed by atoms with van der Waals surface area (Å²) in [5, 5.41) is 9.53. The number of hydrogen-bond acceptors (Lipinski definition) is 7. The highest BCUT2D eigenvalue weighted by Crippen LogP contribution is 2.36. The number of nitrogens with two attached hydrogens (primary N) is 1. The van der Waals surface area contributed by atoms with Crippen molar-refractivity contribution in [3.8, 4) is 33.8 Å². The van der Waals surface area contributed by atoms with Gasteiger partial charge >= 0.3 is 0 Å².